The van der Waals surface area contributed by atoms with Crippen molar-refractivity contribution in [2.75, 3.05) is 12.6 Å². The second-order valence-electron chi connectivity index (χ2n) is 11.1. The summed E-state index contributed by atoms with van der Waals surface area (Å²) in [5.41, 5.74) is 6.00. The first kappa shape index (κ1) is 28.2. The highest BCUT2D eigenvalue weighted by molar-refractivity contribution is 7.57. The third kappa shape index (κ3) is 9.39. The summed E-state index contributed by atoms with van der Waals surface area (Å²) in [5.74, 6) is 0. The van der Waals surface area contributed by atoms with Gasteiger partial charge in [-0.1, -0.05) is 156 Å². The summed E-state index contributed by atoms with van der Waals surface area (Å²) in [6, 6.07) is 45.7. The molecule has 1 saturated carbocycles. The Morgan fingerprint density at radius 3 is 1.05 bits per heavy atom. The molecule has 1 aliphatic carbocycles. The van der Waals surface area contributed by atoms with E-state index >= 15 is 0 Å². The van der Waals surface area contributed by atoms with Crippen LogP contribution < -0.4 is 0 Å². The first-order valence-electron chi connectivity index (χ1n) is 14.7. The molecule has 202 valence electrons. The molecule has 0 aliphatic heterocycles. The molecule has 1 aliphatic rings. The molecule has 0 bridgehead atoms. The van der Waals surface area contributed by atoms with Crippen LogP contribution in [0, 0.1) is 0 Å². The summed E-state index contributed by atoms with van der Waals surface area (Å²) >= 11 is 0. The fourth-order valence-corrected chi connectivity index (χ4v) is 11.3. The van der Waals surface area contributed by atoms with Gasteiger partial charge in [0.15, 0.2) is 0 Å². The van der Waals surface area contributed by atoms with Gasteiger partial charge in [0.2, 0.25) is 0 Å². The highest BCUT2D eigenvalue weighted by Crippen LogP contribution is 2.49. The van der Waals surface area contributed by atoms with Crippen LogP contribution in [0.5, 0.6) is 0 Å². The van der Waals surface area contributed by atoms with Crippen LogP contribution in [0.2, 0.25) is 0 Å². The molecule has 3 heteroatoms. The number of hydrogen-bond acceptors (Lipinski definition) is 1. The number of benzene rings is 4. The van der Waals surface area contributed by atoms with Gasteiger partial charge in [-0.25, -0.2) is 0 Å². The lowest BCUT2D eigenvalue weighted by Crippen LogP contribution is -2.37. The smallest absolute Gasteiger partial charge is 0.0196 e. The van der Waals surface area contributed by atoms with Crippen molar-refractivity contribution in [2.24, 2.45) is 0 Å². The van der Waals surface area contributed by atoms with Gasteiger partial charge < -0.3 is 0 Å². The Hall–Kier alpha value is -2.30. The topological polar surface area (TPSA) is 3.24 Å². The van der Waals surface area contributed by atoms with Crippen molar-refractivity contribution in [2.45, 2.75) is 62.8 Å². The number of hydrogen-bond donors (Lipinski definition) is 0. The van der Waals surface area contributed by atoms with Crippen molar-refractivity contribution >= 4 is 15.8 Å². The fourth-order valence-electron chi connectivity index (χ4n) is 5.91. The summed E-state index contributed by atoms with van der Waals surface area (Å²) in [6.07, 6.45) is 14.3. The lowest BCUT2D eigenvalue weighted by molar-refractivity contribution is 0.208. The molecule has 4 aromatic rings. The van der Waals surface area contributed by atoms with E-state index in [1.54, 1.807) is 0 Å². The van der Waals surface area contributed by atoms with Crippen molar-refractivity contribution in [3.05, 3.63) is 144 Å². The van der Waals surface area contributed by atoms with Gasteiger partial charge >= 0.3 is 0 Å². The Kier molecular flexibility index (Phi) is 11.2. The lowest BCUT2D eigenvalue weighted by atomic mass is 9.95. The third-order valence-corrected chi connectivity index (χ3v) is 12.6. The van der Waals surface area contributed by atoms with Crippen molar-refractivity contribution in [1.29, 1.82) is 0 Å². The summed E-state index contributed by atoms with van der Waals surface area (Å²) in [6.45, 7) is 0. The monoisotopic (exact) mass is 551 g/mol. The van der Waals surface area contributed by atoms with Crippen LogP contribution in [0.3, 0.4) is 0 Å². The molecule has 0 heterocycles. The van der Waals surface area contributed by atoms with E-state index < -0.39 is 0 Å². The second-order valence-corrected chi connectivity index (χ2v) is 15.6. The van der Waals surface area contributed by atoms with Gasteiger partial charge in [-0.05, 0) is 59.7 Å². The first-order valence-corrected chi connectivity index (χ1v) is 18.5. The zero-order chi connectivity index (χ0) is 26.5. The van der Waals surface area contributed by atoms with Crippen LogP contribution in [0.1, 0.15) is 54.4 Å². The van der Waals surface area contributed by atoms with Gasteiger partial charge in [0.25, 0.3) is 0 Å². The fraction of sp³-hybridized carbons (Fsp3) is 0.333. The van der Waals surface area contributed by atoms with Crippen molar-refractivity contribution in [1.82, 2.24) is 4.90 Å². The van der Waals surface area contributed by atoms with Crippen molar-refractivity contribution < 1.29 is 0 Å². The van der Waals surface area contributed by atoms with E-state index in [0.717, 1.165) is 6.04 Å². The van der Waals surface area contributed by atoms with E-state index in [1.807, 2.05) is 0 Å². The maximum atomic E-state index is 2.99. The molecule has 0 N–H and O–H groups in total. The van der Waals surface area contributed by atoms with E-state index in [2.05, 4.69) is 126 Å². The summed E-state index contributed by atoms with van der Waals surface area (Å²) < 4.78 is 0. The molecule has 0 radical (unpaired) electrons. The average molecular weight is 552 g/mol. The van der Waals surface area contributed by atoms with Crippen LogP contribution in [-0.4, -0.2) is 23.5 Å². The SMILES string of the molecule is c1ccc(CP(Cc2ccccc2)CN(CP(Cc2ccccc2)Cc2ccccc2)C2CCCCC2)cc1. The largest absolute Gasteiger partial charge is 0.292 e. The van der Waals surface area contributed by atoms with E-state index in [0.29, 0.717) is 0 Å². The minimum absolute atomic E-state index is 0.190. The van der Waals surface area contributed by atoms with Crippen LogP contribution in [-0.2, 0) is 24.6 Å². The van der Waals surface area contributed by atoms with E-state index in [1.165, 1.54) is 91.6 Å². The Balaban J connectivity index is 1.39. The van der Waals surface area contributed by atoms with Gasteiger partial charge in [-0.3, -0.25) is 4.90 Å². The molecule has 0 aromatic heterocycles. The molecule has 0 saturated heterocycles. The highest BCUT2D eigenvalue weighted by atomic mass is 31.1. The molecule has 4 aromatic carbocycles. The quantitative estimate of drug-likeness (QED) is 0.149. The molecule has 0 unspecified atom stereocenters. The van der Waals surface area contributed by atoms with Gasteiger partial charge in [0.05, 0.1) is 0 Å². The van der Waals surface area contributed by atoms with Gasteiger partial charge in [-0.2, -0.15) is 0 Å². The Morgan fingerprint density at radius 1 is 0.436 bits per heavy atom. The minimum Gasteiger partial charge on any atom is -0.292 e. The molecule has 0 spiro atoms. The van der Waals surface area contributed by atoms with E-state index in [9.17, 15) is 0 Å². The zero-order valence-electron chi connectivity index (χ0n) is 23.2. The highest BCUT2D eigenvalue weighted by Gasteiger charge is 2.27. The van der Waals surface area contributed by atoms with Crippen molar-refractivity contribution in [3.8, 4) is 0 Å². The maximum absolute atomic E-state index is 2.99. The number of nitrogens with zero attached hydrogens (tertiary/aromatic N) is 1. The molecule has 5 rings (SSSR count). The molecular weight excluding hydrogens is 508 g/mol. The zero-order valence-corrected chi connectivity index (χ0v) is 25.0. The second kappa shape index (κ2) is 15.5. The average Bonchev–Trinajstić information content (AvgIpc) is 2.99. The maximum Gasteiger partial charge on any atom is 0.0196 e. The lowest BCUT2D eigenvalue weighted by Gasteiger charge is -2.39. The molecule has 0 atom stereocenters. The molecule has 0 amide bonds. The predicted octanol–water partition coefficient (Wildman–Crippen LogP) is 10.3. The third-order valence-electron chi connectivity index (χ3n) is 7.85. The summed E-state index contributed by atoms with van der Waals surface area (Å²) in [4.78, 5) is 2.99. The Morgan fingerprint density at radius 2 is 0.744 bits per heavy atom. The summed E-state index contributed by atoms with van der Waals surface area (Å²) in [7, 11) is -0.380. The molecule has 1 nitrogen and oxygen atoms in total. The van der Waals surface area contributed by atoms with E-state index in [4.69, 9.17) is 0 Å². The van der Waals surface area contributed by atoms with Gasteiger partial charge in [0, 0.05) is 18.6 Å². The van der Waals surface area contributed by atoms with Crippen LogP contribution in [0.15, 0.2) is 121 Å². The van der Waals surface area contributed by atoms with Crippen LogP contribution >= 0.6 is 15.8 Å². The molecule has 39 heavy (non-hydrogen) atoms. The number of rotatable bonds is 13. The standard InChI is InChI=1S/C36H43NP2/c1-6-16-32(17-7-1)26-38(27-33-18-8-2-9-19-33)30-37(36-24-14-5-15-25-36)31-39(28-34-20-10-3-11-21-34)29-35-22-12-4-13-23-35/h1-4,6-13,16-23,36H,5,14-15,24-31H2. The molecule has 1 fully saturated rings. The van der Waals surface area contributed by atoms with Gasteiger partial charge in [-0.15, -0.1) is 0 Å². The molecular formula is C36H43NP2. The predicted molar refractivity (Wildman–Crippen MR) is 173 cm³/mol. The summed E-state index contributed by atoms with van der Waals surface area (Å²) in [5, 5.41) is 0. The van der Waals surface area contributed by atoms with E-state index in [-0.39, 0.29) is 15.8 Å². The normalized spacial score (nSPS) is 14.3. The Labute approximate surface area is 239 Å². The van der Waals surface area contributed by atoms with Crippen molar-refractivity contribution in [3.63, 3.8) is 0 Å². The van der Waals surface area contributed by atoms with Crippen LogP contribution in [0.4, 0.5) is 0 Å². The van der Waals surface area contributed by atoms with Gasteiger partial charge in [0.1, 0.15) is 0 Å². The first-order chi connectivity index (χ1) is 19.3. The minimum atomic E-state index is -0.190. The van der Waals surface area contributed by atoms with Crippen LogP contribution in [0.25, 0.3) is 0 Å². The Bertz CT molecular complexity index is 1020.